The summed E-state index contributed by atoms with van der Waals surface area (Å²) in [4.78, 5) is 24.2. The van der Waals surface area contributed by atoms with Crippen molar-refractivity contribution >= 4 is 17.4 Å². The third kappa shape index (κ3) is 3.20. The van der Waals surface area contributed by atoms with Gasteiger partial charge in [-0.3, -0.25) is 14.9 Å². The smallest absolute Gasteiger partial charge is 0.369 e. The zero-order valence-electron chi connectivity index (χ0n) is 13.6. The number of benzene rings is 1. The fourth-order valence-corrected chi connectivity index (χ4v) is 2.12. The highest BCUT2D eigenvalue weighted by molar-refractivity contribution is 6.43. The Morgan fingerprint density at radius 1 is 1.38 bits per heavy atom. The zero-order chi connectivity index (χ0) is 17.7. The van der Waals surface area contributed by atoms with Gasteiger partial charge in [0, 0.05) is 7.05 Å². The first-order valence-electron chi connectivity index (χ1n) is 7.26. The second-order valence-electron chi connectivity index (χ2n) is 4.84. The molecule has 0 radical (unpaired) electrons. The Kier molecular flexibility index (Phi) is 5.16. The Labute approximate surface area is 138 Å². The van der Waals surface area contributed by atoms with Crippen LogP contribution in [0.25, 0.3) is 5.69 Å². The number of hydrogen-bond donors (Lipinski definition) is 1. The van der Waals surface area contributed by atoms with E-state index in [1.165, 1.54) is 4.68 Å². The van der Waals surface area contributed by atoms with Gasteiger partial charge in [-0.15, -0.1) is 0 Å². The number of hydrogen-bond acceptors (Lipinski definition) is 6. The Hall–Kier alpha value is -3.34. The van der Waals surface area contributed by atoms with Crippen LogP contribution in [0.4, 0.5) is 5.69 Å². The quantitative estimate of drug-likeness (QED) is 0.507. The molecule has 0 unspecified atom stereocenters. The molecule has 0 spiro atoms. The maximum Gasteiger partial charge on any atom is 0.369 e. The van der Waals surface area contributed by atoms with E-state index in [0.29, 0.717) is 11.4 Å². The number of ether oxygens (including phenoxy) is 1. The number of anilines is 1. The highest BCUT2D eigenvalue weighted by atomic mass is 16.5. The Bertz CT molecular complexity index is 872. The van der Waals surface area contributed by atoms with Crippen LogP contribution in [-0.4, -0.2) is 27.7 Å². The molecular weight excluding hydrogens is 310 g/mol. The van der Waals surface area contributed by atoms with Crippen molar-refractivity contribution in [3.05, 3.63) is 46.4 Å². The third-order valence-electron chi connectivity index (χ3n) is 3.41. The highest BCUT2D eigenvalue weighted by Crippen LogP contribution is 2.13. The second-order valence-corrected chi connectivity index (χ2v) is 4.84. The average Bonchev–Trinajstić information content (AvgIpc) is 2.79. The maximum absolute atomic E-state index is 12.6. The van der Waals surface area contributed by atoms with E-state index in [1.807, 2.05) is 18.2 Å². The molecule has 0 bridgehead atoms. The van der Waals surface area contributed by atoms with Crippen LogP contribution < -0.4 is 11.0 Å². The van der Waals surface area contributed by atoms with E-state index in [0.717, 1.165) is 0 Å². The summed E-state index contributed by atoms with van der Waals surface area (Å²) in [5, 5.41) is 12.7. The lowest BCUT2D eigenvalue weighted by molar-refractivity contribution is -0.134. The molecular formula is C16H17N5O3. The lowest BCUT2D eigenvalue weighted by Gasteiger charge is -2.07. The highest BCUT2D eigenvalue weighted by Gasteiger charge is 2.17. The fourth-order valence-electron chi connectivity index (χ4n) is 2.12. The summed E-state index contributed by atoms with van der Waals surface area (Å²) < 4.78 is 7.84. The van der Waals surface area contributed by atoms with E-state index in [1.54, 1.807) is 43.8 Å². The van der Waals surface area contributed by atoms with Gasteiger partial charge in [0.15, 0.2) is 0 Å². The van der Waals surface area contributed by atoms with Crippen molar-refractivity contribution < 1.29 is 9.53 Å². The summed E-state index contributed by atoms with van der Waals surface area (Å²) in [6.07, 6.45) is 0. The Morgan fingerprint density at radius 2 is 2.04 bits per heavy atom. The second kappa shape index (κ2) is 7.28. The van der Waals surface area contributed by atoms with Gasteiger partial charge in [-0.2, -0.15) is 10.4 Å². The van der Waals surface area contributed by atoms with Crippen LogP contribution in [0.1, 0.15) is 12.6 Å². The number of para-hydroxylation sites is 1. The largest absolute Gasteiger partial charge is 0.461 e. The van der Waals surface area contributed by atoms with Gasteiger partial charge in [-0.25, -0.2) is 9.48 Å². The molecule has 0 fully saturated rings. The monoisotopic (exact) mass is 327 g/mol. The molecule has 24 heavy (non-hydrogen) atoms. The number of carbonyl (C=O) groups excluding carboxylic acids is 1. The van der Waals surface area contributed by atoms with Crippen LogP contribution in [0.2, 0.25) is 0 Å². The van der Waals surface area contributed by atoms with Gasteiger partial charge in [0.2, 0.25) is 5.71 Å². The topological polar surface area (TPSA) is 101 Å². The molecule has 0 aliphatic heterocycles. The van der Waals surface area contributed by atoms with Gasteiger partial charge in [0.1, 0.15) is 11.8 Å². The number of nitrogens with zero attached hydrogens (tertiary/aromatic N) is 4. The molecule has 0 aliphatic carbocycles. The third-order valence-corrected chi connectivity index (χ3v) is 3.41. The molecule has 0 atom stereocenters. The van der Waals surface area contributed by atoms with Crippen molar-refractivity contribution in [3.8, 4) is 11.8 Å². The molecule has 1 aromatic heterocycles. The number of nitriles is 1. The predicted molar refractivity (Wildman–Crippen MR) is 89.1 cm³/mol. The number of rotatable bonds is 5. The van der Waals surface area contributed by atoms with Crippen molar-refractivity contribution in [1.29, 1.82) is 5.26 Å². The lowest BCUT2D eigenvalue weighted by atomic mass is 10.3. The average molecular weight is 327 g/mol. The standard InChI is InChI=1S/C16H17N5O3/c1-4-24-16(23)13(10-17)18-19-14-11(2)20(3)21(15(14)22)12-8-6-5-7-9-12/h5-9,19H,4H2,1-3H3/b18-13-. The lowest BCUT2D eigenvalue weighted by Crippen LogP contribution is -2.21. The van der Waals surface area contributed by atoms with Crippen molar-refractivity contribution in [2.45, 2.75) is 13.8 Å². The van der Waals surface area contributed by atoms with Gasteiger partial charge in [-0.1, -0.05) is 18.2 Å². The molecule has 8 nitrogen and oxygen atoms in total. The van der Waals surface area contributed by atoms with E-state index in [4.69, 9.17) is 10.00 Å². The van der Waals surface area contributed by atoms with E-state index < -0.39 is 11.7 Å². The van der Waals surface area contributed by atoms with Crippen molar-refractivity contribution in [2.75, 3.05) is 12.0 Å². The summed E-state index contributed by atoms with van der Waals surface area (Å²) >= 11 is 0. The first kappa shape index (κ1) is 17.0. The molecule has 2 rings (SSSR count). The molecule has 0 amide bonds. The van der Waals surface area contributed by atoms with Crippen LogP contribution in [0.3, 0.4) is 0 Å². The summed E-state index contributed by atoms with van der Waals surface area (Å²) in [6.45, 7) is 3.49. The first-order valence-corrected chi connectivity index (χ1v) is 7.26. The molecule has 1 N–H and O–H groups in total. The molecule has 124 valence electrons. The van der Waals surface area contributed by atoms with Gasteiger partial charge < -0.3 is 4.74 Å². The molecule has 1 aromatic carbocycles. The van der Waals surface area contributed by atoms with Gasteiger partial charge >= 0.3 is 5.97 Å². The minimum atomic E-state index is -0.843. The number of aromatic nitrogens is 2. The van der Waals surface area contributed by atoms with E-state index >= 15 is 0 Å². The van der Waals surface area contributed by atoms with Crippen LogP contribution in [0.5, 0.6) is 0 Å². The molecule has 2 aromatic rings. The summed E-state index contributed by atoms with van der Waals surface area (Å²) in [5.74, 6) is -0.843. The van der Waals surface area contributed by atoms with Crippen molar-refractivity contribution in [1.82, 2.24) is 9.36 Å². The maximum atomic E-state index is 12.6. The number of nitrogens with one attached hydrogen (secondary N) is 1. The number of hydrazone groups is 1. The van der Waals surface area contributed by atoms with Crippen molar-refractivity contribution in [3.63, 3.8) is 0 Å². The summed E-state index contributed by atoms with van der Waals surface area (Å²) in [7, 11) is 1.73. The van der Waals surface area contributed by atoms with E-state index in [2.05, 4.69) is 10.5 Å². The molecule has 0 saturated carbocycles. The number of esters is 1. The van der Waals surface area contributed by atoms with Crippen LogP contribution in [0, 0.1) is 18.3 Å². The summed E-state index contributed by atoms with van der Waals surface area (Å²) in [5.41, 5.74) is 3.19. The minimum Gasteiger partial charge on any atom is -0.461 e. The molecule has 1 heterocycles. The molecule has 0 aliphatic rings. The fraction of sp³-hybridized carbons (Fsp3) is 0.250. The van der Waals surface area contributed by atoms with Crippen molar-refractivity contribution in [2.24, 2.45) is 12.1 Å². The zero-order valence-corrected chi connectivity index (χ0v) is 13.6. The molecule has 8 heteroatoms. The van der Waals surface area contributed by atoms with Crippen LogP contribution >= 0.6 is 0 Å². The van der Waals surface area contributed by atoms with E-state index in [-0.39, 0.29) is 17.9 Å². The summed E-state index contributed by atoms with van der Waals surface area (Å²) in [6, 6.07) is 10.7. The Balaban J connectivity index is 2.42. The Morgan fingerprint density at radius 3 is 2.62 bits per heavy atom. The molecule has 0 saturated heterocycles. The normalized spacial score (nSPS) is 11.0. The first-order chi connectivity index (χ1) is 11.5. The van der Waals surface area contributed by atoms with Gasteiger partial charge in [0.25, 0.3) is 5.56 Å². The number of carbonyl (C=O) groups is 1. The SMILES string of the molecule is CCOC(=O)/C(C#N)=N\Nc1c(C)n(C)n(-c2ccccc2)c1=O. The van der Waals surface area contributed by atoms with Gasteiger partial charge in [-0.05, 0) is 26.0 Å². The van der Waals surface area contributed by atoms with Crippen LogP contribution in [0.15, 0.2) is 40.2 Å². The van der Waals surface area contributed by atoms with Gasteiger partial charge in [0.05, 0.1) is 18.0 Å². The predicted octanol–water partition coefficient (Wildman–Crippen LogP) is 1.34. The minimum absolute atomic E-state index is 0.130. The van der Waals surface area contributed by atoms with Crippen LogP contribution in [-0.2, 0) is 16.6 Å². The van der Waals surface area contributed by atoms with E-state index in [9.17, 15) is 9.59 Å².